The highest BCUT2D eigenvalue weighted by atomic mass is 16.5. The molecule has 0 saturated carbocycles. The Morgan fingerprint density at radius 2 is 1.48 bits per heavy atom. The molecule has 0 aliphatic carbocycles. The molecule has 0 spiro atoms. The minimum atomic E-state index is 0.518. The molecular formula is C27H24N4O2. The van der Waals surface area contributed by atoms with Gasteiger partial charge in [0.05, 0.1) is 23.7 Å². The number of aromatic nitrogens is 4. The highest BCUT2D eigenvalue weighted by Gasteiger charge is 2.13. The molecular weight excluding hydrogens is 412 g/mol. The molecule has 0 atom stereocenters. The first kappa shape index (κ1) is 20.7. The summed E-state index contributed by atoms with van der Waals surface area (Å²) < 4.78 is 11.8. The van der Waals surface area contributed by atoms with Crippen molar-refractivity contribution in [3.63, 3.8) is 0 Å². The molecule has 164 valence electrons. The number of nitrogens with zero attached hydrogens (tertiary/aromatic N) is 4. The van der Waals surface area contributed by atoms with E-state index in [1.54, 1.807) is 4.80 Å². The Kier molecular flexibility index (Phi) is 5.72. The number of benzene rings is 3. The van der Waals surface area contributed by atoms with E-state index in [0.29, 0.717) is 18.9 Å². The zero-order chi connectivity index (χ0) is 22.6. The zero-order valence-electron chi connectivity index (χ0n) is 18.6. The first-order valence-corrected chi connectivity index (χ1v) is 10.9. The van der Waals surface area contributed by atoms with E-state index < -0.39 is 0 Å². The molecule has 0 bridgehead atoms. The van der Waals surface area contributed by atoms with Crippen molar-refractivity contribution in [3.8, 4) is 34.1 Å². The number of hydrogen-bond donors (Lipinski definition) is 0. The van der Waals surface area contributed by atoms with Crippen molar-refractivity contribution in [2.75, 3.05) is 6.61 Å². The summed E-state index contributed by atoms with van der Waals surface area (Å²) in [6, 6.07) is 27.8. The largest absolute Gasteiger partial charge is 0.493 e. The van der Waals surface area contributed by atoms with E-state index in [2.05, 4.69) is 15.2 Å². The Morgan fingerprint density at radius 3 is 2.21 bits per heavy atom. The van der Waals surface area contributed by atoms with Crippen LogP contribution >= 0.6 is 0 Å². The van der Waals surface area contributed by atoms with Crippen LogP contribution in [0, 0.1) is 13.8 Å². The summed E-state index contributed by atoms with van der Waals surface area (Å²) >= 11 is 0. The summed E-state index contributed by atoms with van der Waals surface area (Å²) in [4.78, 5) is 6.30. The van der Waals surface area contributed by atoms with Crippen LogP contribution in [0.1, 0.15) is 17.1 Å². The number of ether oxygens (including phenoxy) is 1. The summed E-state index contributed by atoms with van der Waals surface area (Å²) in [6.45, 7) is 4.43. The Morgan fingerprint density at radius 1 is 0.788 bits per heavy atom. The van der Waals surface area contributed by atoms with Gasteiger partial charge < -0.3 is 9.15 Å². The van der Waals surface area contributed by atoms with E-state index in [1.165, 1.54) is 0 Å². The van der Waals surface area contributed by atoms with Crippen LogP contribution in [-0.2, 0) is 6.42 Å². The summed E-state index contributed by atoms with van der Waals surface area (Å²) in [6.07, 6.45) is 0.675. The Hall–Kier alpha value is -4.19. The van der Waals surface area contributed by atoms with Crippen molar-refractivity contribution in [1.29, 1.82) is 0 Å². The number of oxazole rings is 1. The third-order valence-electron chi connectivity index (χ3n) is 5.42. The maximum absolute atomic E-state index is 5.95. The molecule has 0 N–H and O–H groups in total. The minimum absolute atomic E-state index is 0.518. The Bertz CT molecular complexity index is 1340. The molecule has 0 amide bonds. The topological polar surface area (TPSA) is 66.0 Å². The first-order valence-electron chi connectivity index (χ1n) is 10.9. The quantitative estimate of drug-likeness (QED) is 0.321. The number of para-hydroxylation sites is 1. The molecule has 2 heterocycles. The van der Waals surface area contributed by atoms with Gasteiger partial charge in [-0.25, -0.2) is 4.98 Å². The minimum Gasteiger partial charge on any atom is -0.493 e. The second-order valence-corrected chi connectivity index (χ2v) is 7.77. The van der Waals surface area contributed by atoms with Crippen LogP contribution in [0.25, 0.3) is 28.4 Å². The molecule has 33 heavy (non-hydrogen) atoms. The van der Waals surface area contributed by atoms with Crippen LogP contribution in [0.3, 0.4) is 0 Å². The summed E-state index contributed by atoms with van der Waals surface area (Å²) in [5.41, 5.74) is 5.56. The van der Waals surface area contributed by atoms with Crippen LogP contribution in [0.2, 0.25) is 0 Å². The number of hydrogen-bond acceptors (Lipinski definition) is 5. The van der Waals surface area contributed by atoms with Crippen molar-refractivity contribution in [1.82, 2.24) is 20.0 Å². The van der Waals surface area contributed by atoms with Crippen LogP contribution in [0.5, 0.6) is 5.75 Å². The molecule has 0 aliphatic rings. The van der Waals surface area contributed by atoms with Gasteiger partial charge in [-0.15, -0.1) is 5.10 Å². The van der Waals surface area contributed by atoms with E-state index >= 15 is 0 Å². The average Bonchev–Trinajstić information content (AvgIpc) is 3.43. The molecule has 2 aromatic heterocycles. The standard InChI is InChI=1S/C27H24N4O2/c1-19-26(30-31(29-19)23-11-7-4-8-12-23)21-13-15-24(16-14-21)32-18-17-25-20(2)33-27(28-25)22-9-5-3-6-10-22/h3-16H,17-18H2,1-2H3. The van der Waals surface area contributed by atoms with Crippen molar-refractivity contribution in [2.24, 2.45) is 0 Å². The van der Waals surface area contributed by atoms with Gasteiger partial charge in [0, 0.05) is 17.5 Å². The maximum atomic E-state index is 5.95. The third-order valence-corrected chi connectivity index (χ3v) is 5.42. The molecule has 0 fully saturated rings. The van der Waals surface area contributed by atoms with Gasteiger partial charge in [0.2, 0.25) is 5.89 Å². The van der Waals surface area contributed by atoms with Crippen LogP contribution in [-0.4, -0.2) is 26.6 Å². The lowest BCUT2D eigenvalue weighted by molar-refractivity contribution is 0.320. The van der Waals surface area contributed by atoms with E-state index in [1.807, 2.05) is 98.8 Å². The molecule has 0 saturated heterocycles. The fourth-order valence-corrected chi connectivity index (χ4v) is 3.66. The Labute approximate surface area is 192 Å². The van der Waals surface area contributed by atoms with Crippen LogP contribution < -0.4 is 4.74 Å². The molecule has 0 unspecified atom stereocenters. The average molecular weight is 437 g/mol. The SMILES string of the molecule is Cc1nn(-c2ccccc2)nc1-c1ccc(OCCc2nc(-c3ccccc3)oc2C)cc1. The van der Waals surface area contributed by atoms with E-state index in [4.69, 9.17) is 9.15 Å². The molecule has 3 aromatic carbocycles. The summed E-state index contributed by atoms with van der Waals surface area (Å²) in [7, 11) is 0. The second kappa shape index (κ2) is 9.12. The highest BCUT2D eigenvalue weighted by molar-refractivity contribution is 5.62. The van der Waals surface area contributed by atoms with Crippen molar-refractivity contribution in [2.45, 2.75) is 20.3 Å². The molecule has 5 rings (SSSR count). The molecule has 0 aliphatic heterocycles. The van der Waals surface area contributed by atoms with Gasteiger partial charge in [0.25, 0.3) is 0 Å². The zero-order valence-corrected chi connectivity index (χ0v) is 18.6. The third kappa shape index (κ3) is 4.55. The highest BCUT2D eigenvalue weighted by Crippen LogP contribution is 2.25. The molecule has 0 radical (unpaired) electrons. The van der Waals surface area contributed by atoms with Gasteiger partial charge in [-0.2, -0.15) is 9.90 Å². The molecule has 6 heteroatoms. The van der Waals surface area contributed by atoms with E-state index in [9.17, 15) is 0 Å². The van der Waals surface area contributed by atoms with Crippen LogP contribution in [0.4, 0.5) is 0 Å². The summed E-state index contributed by atoms with van der Waals surface area (Å²) in [5, 5.41) is 9.22. The number of rotatable bonds is 7. The first-order chi connectivity index (χ1) is 16.2. The van der Waals surface area contributed by atoms with E-state index in [-0.39, 0.29) is 0 Å². The van der Waals surface area contributed by atoms with Crippen molar-refractivity contribution < 1.29 is 9.15 Å². The second-order valence-electron chi connectivity index (χ2n) is 7.77. The lowest BCUT2D eigenvalue weighted by atomic mass is 10.1. The maximum Gasteiger partial charge on any atom is 0.226 e. The van der Waals surface area contributed by atoms with Crippen LogP contribution in [0.15, 0.2) is 89.3 Å². The van der Waals surface area contributed by atoms with Gasteiger partial charge in [0.1, 0.15) is 17.2 Å². The van der Waals surface area contributed by atoms with E-state index in [0.717, 1.165) is 45.4 Å². The lowest BCUT2D eigenvalue weighted by Crippen LogP contribution is -2.02. The summed E-state index contributed by atoms with van der Waals surface area (Å²) in [5.74, 6) is 2.27. The van der Waals surface area contributed by atoms with Gasteiger partial charge in [-0.3, -0.25) is 0 Å². The normalized spacial score (nSPS) is 11.0. The smallest absolute Gasteiger partial charge is 0.226 e. The molecule has 5 aromatic rings. The predicted molar refractivity (Wildman–Crippen MR) is 127 cm³/mol. The monoisotopic (exact) mass is 436 g/mol. The van der Waals surface area contributed by atoms with Crippen molar-refractivity contribution in [3.05, 3.63) is 102 Å². The number of aryl methyl sites for hydroxylation is 2. The fourth-order valence-electron chi connectivity index (χ4n) is 3.66. The molecule has 6 nitrogen and oxygen atoms in total. The van der Waals surface area contributed by atoms with Gasteiger partial charge >= 0.3 is 0 Å². The van der Waals surface area contributed by atoms with Gasteiger partial charge in [-0.1, -0.05) is 36.4 Å². The predicted octanol–water partition coefficient (Wildman–Crippen LogP) is 5.83. The van der Waals surface area contributed by atoms with Crippen molar-refractivity contribution >= 4 is 0 Å². The van der Waals surface area contributed by atoms with Gasteiger partial charge in [0.15, 0.2) is 0 Å². The Balaban J connectivity index is 1.23. The fraction of sp³-hybridized carbons (Fsp3) is 0.148. The van der Waals surface area contributed by atoms with Gasteiger partial charge in [-0.05, 0) is 62.4 Å². The lowest BCUT2D eigenvalue weighted by Gasteiger charge is -2.06.